The van der Waals surface area contributed by atoms with E-state index in [4.69, 9.17) is 9.84 Å². The van der Waals surface area contributed by atoms with Gasteiger partial charge in [0.25, 0.3) is 0 Å². The first kappa shape index (κ1) is 29.5. The van der Waals surface area contributed by atoms with Crippen molar-refractivity contribution >= 4 is 23.6 Å². The monoisotopic (exact) mass is 477 g/mol. The molecule has 1 aromatic rings. The number of unbranched alkanes of at least 4 members (excludes halogenated alkanes) is 12. The van der Waals surface area contributed by atoms with Gasteiger partial charge in [-0.25, -0.2) is 9.59 Å². The molecule has 0 bridgehead atoms. The minimum absolute atomic E-state index is 0.0988. The minimum Gasteiger partial charge on any atom is -0.479 e. The number of hydrogen-bond donors (Lipinski definition) is 2. The standard InChI is InChI=1S/C27H43NO6/c1-22(26(30)31)34-27(32)23-17-19-24(20-18-23)28-21-15-13-11-9-7-5-3-4-6-8-10-12-14-16-25(29)33-2/h17-20,22,28H,3-16,21H2,1-2H3,(H,30,31). The molecule has 0 amide bonds. The Kier molecular flexibility index (Phi) is 16.3. The highest BCUT2D eigenvalue weighted by Gasteiger charge is 2.17. The van der Waals surface area contributed by atoms with Crippen molar-refractivity contribution in [1.82, 2.24) is 0 Å². The molecular formula is C27H43NO6. The van der Waals surface area contributed by atoms with Crippen molar-refractivity contribution in [1.29, 1.82) is 0 Å². The number of carboxylic acids is 1. The largest absolute Gasteiger partial charge is 0.479 e. The third kappa shape index (κ3) is 14.6. The first-order valence-electron chi connectivity index (χ1n) is 12.8. The van der Waals surface area contributed by atoms with Crippen LogP contribution in [0.15, 0.2) is 24.3 Å². The van der Waals surface area contributed by atoms with Gasteiger partial charge >= 0.3 is 17.9 Å². The topological polar surface area (TPSA) is 102 Å². The van der Waals surface area contributed by atoms with E-state index in [1.54, 1.807) is 12.1 Å². The van der Waals surface area contributed by atoms with E-state index in [0.717, 1.165) is 31.5 Å². The predicted molar refractivity (Wildman–Crippen MR) is 134 cm³/mol. The molecule has 0 aliphatic rings. The summed E-state index contributed by atoms with van der Waals surface area (Å²) in [7, 11) is 1.44. The van der Waals surface area contributed by atoms with Crippen molar-refractivity contribution in [3.8, 4) is 0 Å². The number of esters is 2. The Labute approximate surface area is 204 Å². The van der Waals surface area contributed by atoms with E-state index in [1.165, 1.54) is 78.2 Å². The molecule has 7 nitrogen and oxygen atoms in total. The summed E-state index contributed by atoms with van der Waals surface area (Å²) >= 11 is 0. The van der Waals surface area contributed by atoms with Crippen LogP contribution < -0.4 is 5.32 Å². The van der Waals surface area contributed by atoms with Crippen molar-refractivity contribution in [2.75, 3.05) is 19.0 Å². The molecule has 0 aliphatic carbocycles. The van der Waals surface area contributed by atoms with Gasteiger partial charge in [0, 0.05) is 18.7 Å². The molecule has 0 fully saturated rings. The maximum absolute atomic E-state index is 11.9. The fourth-order valence-electron chi connectivity index (χ4n) is 3.68. The molecule has 0 aliphatic heterocycles. The van der Waals surface area contributed by atoms with Crippen LogP contribution in [0.4, 0.5) is 5.69 Å². The number of methoxy groups -OCH3 is 1. The number of anilines is 1. The average molecular weight is 478 g/mol. The van der Waals surface area contributed by atoms with Gasteiger partial charge < -0.3 is 19.9 Å². The van der Waals surface area contributed by atoms with Crippen LogP contribution in [0, 0.1) is 0 Å². The SMILES string of the molecule is COC(=O)CCCCCCCCCCCCCCCNc1ccc(C(=O)OC(C)C(=O)O)cc1. The van der Waals surface area contributed by atoms with Gasteiger partial charge in [-0.2, -0.15) is 0 Å². The Bertz CT molecular complexity index is 704. The predicted octanol–water partition coefficient (Wildman–Crippen LogP) is 6.36. The third-order valence-corrected chi connectivity index (χ3v) is 5.87. The van der Waals surface area contributed by atoms with Gasteiger partial charge in [-0.15, -0.1) is 0 Å². The molecule has 7 heteroatoms. The number of ether oxygens (including phenoxy) is 2. The highest BCUT2D eigenvalue weighted by Crippen LogP contribution is 2.14. The molecule has 34 heavy (non-hydrogen) atoms. The molecule has 1 rings (SSSR count). The highest BCUT2D eigenvalue weighted by molar-refractivity contribution is 5.91. The van der Waals surface area contributed by atoms with Gasteiger partial charge in [-0.3, -0.25) is 4.79 Å². The first-order valence-corrected chi connectivity index (χ1v) is 12.8. The Balaban J connectivity index is 1.92. The number of hydrogen-bond acceptors (Lipinski definition) is 6. The number of aliphatic carboxylic acids is 1. The van der Waals surface area contributed by atoms with E-state index in [9.17, 15) is 14.4 Å². The lowest BCUT2D eigenvalue weighted by Crippen LogP contribution is -2.23. The molecule has 1 unspecified atom stereocenters. The fraction of sp³-hybridized carbons (Fsp3) is 0.667. The summed E-state index contributed by atoms with van der Waals surface area (Å²) in [5, 5.41) is 12.2. The lowest BCUT2D eigenvalue weighted by atomic mass is 10.0. The summed E-state index contributed by atoms with van der Waals surface area (Å²) in [5.41, 5.74) is 1.28. The van der Waals surface area contributed by atoms with Gasteiger partial charge in [-0.1, -0.05) is 70.6 Å². The van der Waals surface area contributed by atoms with Crippen LogP contribution in [-0.4, -0.2) is 42.8 Å². The van der Waals surface area contributed by atoms with Crippen molar-refractivity contribution < 1.29 is 29.0 Å². The minimum atomic E-state index is -1.16. The Morgan fingerprint density at radius 2 is 1.26 bits per heavy atom. The van der Waals surface area contributed by atoms with E-state index in [2.05, 4.69) is 10.1 Å². The zero-order chi connectivity index (χ0) is 25.0. The molecule has 0 aromatic heterocycles. The molecular weight excluding hydrogens is 434 g/mol. The highest BCUT2D eigenvalue weighted by atomic mass is 16.6. The van der Waals surface area contributed by atoms with Gasteiger partial charge in [0.1, 0.15) is 0 Å². The lowest BCUT2D eigenvalue weighted by Gasteiger charge is -2.10. The van der Waals surface area contributed by atoms with Gasteiger partial charge in [0.2, 0.25) is 0 Å². The second-order valence-electron chi connectivity index (χ2n) is 8.81. The molecule has 0 saturated carbocycles. The van der Waals surface area contributed by atoms with E-state index in [0.29, 0.717) is 12.0 Å². The van der Waals surface area contributed by atoms with Crippen molar-refractivity contribution in [2.24, 2.45) is 0 Å². The van der Waals surface area contributed by atoms with E-state index in [-0.39, 0.29) is 5.97 Å². The Morgan fingerprint density at radius 3 is 1.74 bits per heavy atom. The maximum Gasteiger partial charge on any atom is 0.344 e. The Morgan fingerprint density at radius 1 is 0.794 bits per heavy atom. The second-order valence-corrected chi connectivity index (χ2v) is 8.81. The van der Waals surface area contributed by atoms with Crippen LogP contribution in [0.3, 0.4) is 0 Å². The molecule has 0 radical (unpaired) electrons. The summed E-state index contributed by atoms with van der Waals surface area (Å²) in [6.45, 7) is 2.22. The van der Waals surface area contributed by atoms with Gasteiger partial charge in [0.15, 0.2) is 6.10 Å². The molecule has 192 valence electrons. The second kappa shape index (κ2) is 18.8. The van der Waals surface area contributed by atoms with Crippen molar-refractivity contribution in [3.63, 3.8) is 0 Å². The molecule has 0 saturated heterocycles. The first-order chi connectivity index (χ1) is 16.4. The lowest BCUT2D eigenvalue weighted by molar-refractivity contribution is -0.146. The van der Waals surface area contributed by atoms with Crippen LogP contribution in [0.1, 0.15) is 107 Å². The van der Waals surface area contributed by atoms with E-state index >= 15 is 0 Å². The van der Waals surface area contributed by atoms with Crippen molar-refractivity contribution in [2.45, 2.75) is 103 Å². The molecule has 0 spiro atoms. The average Bonchev–Trinajstić information content (AvgIpc) is 2.83. The molecule has 0 heterocycles. The number of benzene rings is 1. The van der Waals surface area contributed by atoms with Crippen LogP contribution in [0.5, 0.6) is 0 Å². The van der Waals surface area contributed by atoms with Crippen molar-refractivity contribution in [3.05, 3.63) is 29.8 Å². The number of carbonyl (C=O) groups is 3. The zero-order valence-corrected chi connectivity index (χ0v) is 21.0. The van der Waals surface area contributed by atoms with Crippen LogP contribution >= 0.6 is 0 Å². The van der Waals surface area contributed by atoms with Crippen LogP contribution in [-0.2, 0) is 19.1 Å². The normalized spacial score (nSPS) is 11.6. The maximum atomic E-state index is 11.9. The van der Waals surface area contributed by atoms with Crippen LogP contribution in [0.25, 0.3) is 0 Å². The number of rotatable bonds is 20. The van der Waals surface area contributed by atoms with Gasteiger partial charge in [-0.05, 0) is 44.0 Å². The zero-order valence-electron chi connectivity index (χ0n) is 21.0. The van der Waals surface area contributed by atoms with E-state index < -0.39 is 18.0 Å². The Hall–Kier alpha value is -2.57. The van der Waals surface area contributed by atoms with E-state index in [1.807, 2.05) is 12.1 Å². The number of carbonyl (C=O) groups excluding carboxylic acids is 2. The molecule has 1 aromatic carbocycles. The molecule has 1 atom stereocenters. The number of carboxylic acid groups (broad SMARTS) is 1. The van der Waals surface area contributed by atoms with Crippen LogP contribution in [0.2, 0.25) is 0 Å². The summed E-state index contributed by atoms with van der Waals surface area (Å²) in [4.78, 5) is 33.7. The fourth-order valence-corrected chi connectivity index (χ4v) is 3.68. The molecule has 2 N–H and O–H groups in total. The van der Waals surface area contributed by atoms with Gasteiger partial charge in [0.05, 0.1) is 12.7 Å². The number of nitrogens with one attached hydrogen (secondary N) is 1. The summed E-state index contributed by atoms with van der Waals surface area (Å²) < 4.78 is 9.51. The summed E-state index contributed by atoms with van der Waals surface area (Å²) in [6.07, 6.45) is 15.4. The third-order valence-electron chi connectivity index (χ3n) is 5.87. The quantitative estimate of drug-likeness (QED) is 0.166. The summed E-state index contributed by atoms with van der Waals surface area (Å²) in [5.74, 6) is -1.89. The summed E-state index contributed by atoms with van der Waals surface area (Å²) in [6, 6.07) is 6.91. The smallest absolute Gasteiger partial charge is 0.344 e.